The van der Waals surface area contributed by atoms with Crippen LogP contribution in [-0.4, -0.2) is 32.3 Å². The molecule has 1 unspecified atom stereocenters. The molecule has 34 heavy (non-hydrogen) atoms. The molecule has 2 aliphatic rings. The lowest BCUT2D eigenvalue weighted by Crippen LogP contribution is -2.38. The quantitative estimate of drug-likeness (QED) is 0.517. The van der Waals surface area contributed by atoms with Gasteiger partial charge in [-0.3, -0.25) is 9.59 Å². The molecule has 0 fully saturated rings. The van der Waals surface area contributed by atoms with Crippen LogP contribution in [0.5, 0.6) is 17.2 Å². The van der Waals surface area contributed by atoms with Gasteiger partial charge in [0, 0.05) is 21.6 Å². The van der Waals surface area contributed by atoms with Crippen LogP contribution in [0.1, 0.15) is 17.2 Å². The maximum atomic E-state index is 13.4. The number of methoxy groups -OCH3 is 1. The lowest BCUT2D eigenvalue weighted by atomic mass is 10.1. The Hall–Kier alpha value is -3.36. The number of nitrogens with zero attached hydrogens (tertiary/aromatic N) is 1. The molecule has 2 amide bonds. The highest BCUT2D eigenvalue weighted by molar-refractivity contribution is 7.99. The average Bonchev–Trinajstić information content (AvgIpc) is 3.25. The topological polar surface area (TPSA) is 77.1 Å². The van der Waals surface area contributed by atoms with Crippen LogP contribution in [0.15, 0.2) is 65.6 Å². The normalized spacial score (nSPS) is 16.6. The van der Waals surface area contributed by atoms with Crippen molar-refractivity contribution in [3.05, 3.63) is 71.2 Å². The molecule has 2 aliphatic heterocycles. The zero-order valence-electron chi connectivity index (χ0n) is 18.2. The smallest absolute Gasteiger partial charge is 0.244 e. The van der Waals surface area contributed by atoms with Gasteiger partial charge in [-0.2, -0.15) is 0 Å². The summed E-state index contributed by atoms with van der Waals surface area (Å²) < 4.78 is 16.2. The molecule has 0 bridgehead atoms. The van der Waals surface area contributed by atoms with Gasteiger partial charge < -0.3 is 24.4 Å². The zero-order valence-corrected chi connectivity index (χ0v) is 19.8. The molecule has 0 radical (unpaired) electrons. The highest BCUT2D eigenvalue weighted by Gasteiger charge is 2.31. The number of rotatable bonds is 5. The standard InChI is InChI=1S/C25H21ClN2O5S/c1-31-19-9-7-16(26)11-17(19)27-24(29)13-28-18-4-2-3-5-22(18)34-23(12-25(28)30)15-6-8-20-21(10-15)33-14-32-20/h2-11,23H,12-14H2,1H3,(H,27,29). The number of benzene rings is 3. The highest BCUT2D eigenvalue weighted by Crippen LogP contribution is 2.47. The van der Waals surface area contributed by atoms with Crippen molar-refractivity contribution >= 4 is 46.6 Å². The number of fused-ring (bicyclic) bond motifs is 2. The summed E-state index contributed by atoms with van der Waals surface area (Å²) in [6.45, 7) is 0.0542. The zero-order chi connectivity index (χ0) is 23.7. The number of carbonyl (C=O) groups is 2. The number of hydrogen-bond acceptors (Lipinski definition) is 6. The maximum Gasteiger partial charge on any atom is 0.244 e. The molecule has 0 aromatic heterocycles. The molecule has 0 saturated heterocycles. The predicted octanol–water partition coefficient (Wildman–Crippen LogP) is 5.29. The van der Waals surface area contributed by atoms with E-state index in [1.807, 2.05) is 42.5 Å². The summed E-state index contributed by atoms with van der Waals surface area (Å²) in [7, 11) is 1.51. The summed E-state index contributed by atoms with van der Waals surface area (Å²) in [5.74, 6) is 1.36. The first-order chi connectivity index (χ1) is 16.5. The Morgan fingerprint density at radius 1 is 1.15 bits per heavy atom. The fourth-order valence-electron chi connectivity index (χ4n) is 3.96. The lowest BCUT2D eigenvalue weighted by Gasteiger charge is -2.22. The molecule has 174 valence electrons. The summed E-state index contributed by atoms with van der Waals surface area (Å²) in [6.07, 6.45) is 0.229. The van der Waals surface area contributed by atoms with Crippen molar-refractivity contribution in [1.29, 1.82) is 0 Å². The minimum absolute atomic E-state index is 0.135. The molecule has 3 aromatic rings. The number of para-hydroxylation sites is 1. The molecule has 9 heteroatoms. The fraction of sp³-hybridized carbons (Fsp3) is 0.200. The molecule has 7 nitrogen and oxygen atoms in total. The van der Waals surface area contributed by atoms with Gasteiger partial charge >= 0.3 is 0 Å². The summed E-state index contributed by atoms with van der Waals surface area (Å²) >= 11 is 7.67. The largest absolute Gasteiger partial charge is 0.495 e. The van der Waals surface area contributed by atoms with Crippen molar-refractivity contribution in [2.24, 2.45) is 0 Å². The molecule has 0 saturated carbocycles. The third-order valence-corrected chi connectivity index (χ3v) is 7.15. The predicted molar refractivity (Wildman–Crippen MR) is 131 cm³/mol. The molecular weight excluding hydrogens is 476 g/mol. The molecule has 1 N–H and O–H groups in total. The van der Waals surface area contributed by atoms with Crippen LogP contribution in [0, 0.1) is 0 Å². The monoisotopic (exact) mass is 496 g/mol. The number of amides is 2. The SMILES string of the molecule is COc1ccc(Cl)cc1NC(=O)CN1C(=O)CC(c2ccc3c(c2)OCO3)Sc2ccccc21. The Kier molecular flexibility index (Phi) is 6.26. The second kappa shape index (κ2) is 9.48. The number of carbonyl (C=O) groups excluding carboxylic acids is 2. The van der Waals surface area contributed by atoms with E-state index in [0.717, 1.165) is 10.5 Å². The summed E-state index contributed by atoms with van der Waals surface area (Å²) in [6, 6.07) is 18.3. The van der Waals surface area contributed by atoms with Crippen LogP contribution < -0.4 is 24.4 Å². The Bertz CT molecular complexity index is 1270. The Morgan fingerprint density at radius 2 is 1.97 bits per heavy atom. The van der Waals surface area contributed by atoms with Crippen LogP contribution >= 0.6 is 23.4 Å². The number of nitrogens with one attached hydrogen (secondary N) is 1. The molecule has 0 aliphatic carbocycles. The van der Waals surface area contributed by atoms with Gasteiger partial charge in [0.05, 0.1) is 18.5 Å². The van der Waals surface area contributed by atoms with Crippen LogP contribution in [0.2, 0.25) is 5.02 Å². The van der Waals surface area contributed by atoms with E-state index in [2.05, 4.69) is 5.32 Å². The number of hydrogen-bond donors (Lipinski definition) is 1. The van der Waals surface area contributed by atoms with Gasteiger partial charge in [0.15, 0.2) is 11.5 Å². The van der Waals surface area contributed by atoms with E-state index in [1.54, 1.807) is 30.0 Å². The second-order valence-corrected chi connectivity index (χ2v) is 9.44. The van der Waals surface area contributed by atoms with E-state index in [-0.39, 0.29) is 36.8 Å². The summed E-state index contributed by atoms with van der Waals surface area (Å²) in [5, 5.41) is 3.15. The number of halogens is 1. The van der Waals surface area contributed by atoms with Crippen LogP contribution in [0.25, 0.3) is 0 Å². The van der Waals surface area contributed by atoms with E-state index in [4.69, 9.17) is 25.8 Å². The first-order valence-electron chi connectivity index (χ1n) is 10.6. The summed E-state index contributed by atoms with van der Waals surface area (Å²) in [4.78, 5) is 28.8. The molecule has 5 rings (SSSR count). The van der Waals surface area contributed by atoms with Gasteiger partial charge in [-0.25, -0.2) is 0 Å². The van der Waals surface area contributed by atoms with Gasteiger partial charge in [0.2, 0.25) is 18.6 Å². The molecule has 1 atom stereocenters. The summed E-state index contributed by atoms with van der Waals surface area (Å²) in [5.41, 5.74) is 2.12. The number of thioether (sulfide) groups is 1. The van der Waals surface area contributed by atoms with E-state index in [0.29, 0.717) is 33.6 Å². The fourth-order valence-corrected chi connectivity index (χ4v) is 5.41. The minimum atomic E-state index is -0.352. The van der Waals surface area contributed by atoms with Crippen LogP contribution in [-0.2, 0) is 9.59 Å². The van der Waals surface area contributed by atoms with Crippen molar-refractivity contribution in [2.75, 3.05) is 30.7 Å². The van der Waals surface area contributed by atoms with E-state index in [1.165, 1.54) is 12.0 Å². The first kappa shape index (κ1) is 22.4. The molecule has 0 spiro atoms. The van der Waals surface area contributed by atoms with E-state index >= 15 is 0 Å². The molecule has 3 aromatic carbocycles. The van der Waals surface area contributed by atoms with E-state index in [9.17, 15) is 9.59 Å². The minimum Gasteiger partial charge on any atom is -0.495 e. The lowest BCUT2D eigenvalue weighted by molar-refractivity contribution is -0.121. The Morgan fingerprint density at radius 3 is 2.82 bits per heavy atom. The second-order valence-electron chi connectivity index (χ2n) is 7.76. The maximum absolute atomic E-state index is 13.4. The third kappa shape index (κ3) is 4.51. The van der Waals surface area contributed by atoms with Crippen LogP contribution in [0.4, 0.5) is 11.4 Å². The van der Waals surface area contributed by atoms with Crippen molar-refractivity contribution < 1.29 is 23.8 Å². The van der Waals surface area contributed by atoms with E-state index < -0.39 is 0 Å². The molecule has 2 heterocycles. The van der Waals surface area contributed by atoms with Crippen molar-refractivity contribution in [3.63, 3.8) is 0 Å². The highest BCUT2D eigenvalue weighted by atomic mass is 35.5. The van der Waals surface area contributed by atoms with Crippen molar-refractivity contribution in [2.45, 2.75) is 16.6 Å². The Labute approximate surface area is 205 Å². The number of ether oxygens (including phenoxy) is 3. The van der Waals surface area contributed by atoms with Gasteiger partial charge in [0.1, 0.15) is 12.3 Å². The van der Waals surface area contributed by atoms with Crippen molar-refractivity contribution in [1.82, 2.24) is 0 Å². The number of anilines is 2. The third-order valence-electron chi connectivity index (χ3n) is 5.59. The van der Waals surface area contributed by atoms with Gasteiger partial charge in [0.25, 0.3) is 0 Å². The van der Waals surface area contributed by atoms with Crippen LogP contribution in [0.3, 0.4) is 0 Å². The van der Waals surface area contributed by atoms with Gasteiger partial charge in [-0.15, -0.1) is 11.8 Å². The van der Waals surface area contributed by atoms with Crippen molar-refractivity contribution in [3.8, 4) is 17.2 Å². The van der Waals surface area contributed by atoms with Gasteiger partial charge in [-0.1, -0.05) is 29.8 Å². The molecular formula is C25H21ClN2O5S. The Balaban J connectivity index is 1.40. The first-order valence-corrected chi connectivity index (χ1v) is 11.9. The van der Waals surface area contributed by atoms with Gasteiger partial charge in [-0.05, 0) is 48.0 Å². The average molecular weight is 497 g/mol.